The maximum Gasteiger partial charge on any atom is 0.475 e. The number of hydrogen-bond acceptors (Lipinski definition) is 3. The summed E-state index contributed by atoms with van der Waals surface area (Å²) >= 11 is 0. The molecule has 1 aromatic rings. The van der Waals surface area contributed by atoms with Crippen LogP contribution in [0.25, 0.3) is 0 Å². The Kier molecular flexibility index (Phi) is 4.97. The predicted molar refractivity (Wildman–Crippen MR) is 66.6 cm³/mol. The van der Waals surface area contributed by atoms with Crippen molar-refractivity contribution < 1.29 is 25.8 Å². The topological polar surface area (TPSA) is 63.2 Å². The van der Waals surface area contributed by atoms with E-state index in [1.807, 2.05) is 4.72 Å². The smallest absolute Gasteiger partial charge is 0.282 e. The number of anilines is 1. The number of nitrogens with one attached hydrogen (secondary N) is 1. The van der Waals surface area contributed by atoms with Gasteiger partial charge in [0.05, 0.1) is 16.3 Å². The summed E-state index contributed by atoms with van der Waals surface area (Å²) in [7, 11) is -7.02. The van der Waals surface area contributed by atoms with Gasteiger partial charge >= 0.3 is 5.51 Å². The molecule has 0 spiro atoms. The van der Waals surface area contributed by atoms with E-state index in [2.05, 4.69) is 0 Å². The van der Waals surface area contributed by atoms with E-state index < -0.39 is 31.2 Å². The minimum Gasteiger partial charge on any atom is -0.282 e. The molecule has 0 radical (unpaired) electrons. The fourth-order valence-corrected chi connectivity index (χ4v) is 3.31. The second-order valence-electron chi connectivity index (χ2n) is 3.63. The third kappa shape index (κ3) is 4.50. The predicted octanol–water partition coefficient (Wildman–Crippen LogP) is 2.47. The van der Waals surface area contributed by atoms with Gasteiger partial charge in [0.1, 0.15) is 0 Å². The van der Waals surface area contributed by atoms with Gasteiger partial charge in [-0.1, -0.05) is 19.1 Å². The normalized spacial score (nSPS) is 14.1. The van der Waals surface area contributed by atoms with Crippen molar-refractivity contribution >= 4 is 26.5 Å². The fraction of sp³-hybridized carbons (Fsp3) is 0.400. The maximum atomic E-state index is 12.4. The molecule has 0 aliphatic carbocycles. The Morgan fingerprint density at radius 3 is 2.37 bits per heavy atom. The lowest BCUT2D eigenvalue weighted by molar-refractivity contribution is -0.0384. The van der Waals surface area contributed by atoms with E-state index >= 15 is 0 Å². The summed E-state index contributed by atoms with van der Waals surface area (Å²) in [4.78, 5) is -0.602. The van der Waals surface area contributed by atoms with Crippen molar-refractivity contribution in [3.63, 3.8) is 0 Å². The lowest BCUT2D eigenvalue weighted by atomic mass is 10.3. The molecule has 19 heavy (non-hydrogen) atoms. The van der Waals surface area contributed by atoms with Crippen LogP contribution in [0, 0.1) is 0 Å². The Bertz CT molecular complexity index is 570. The highest BCUT2D eigenvalue weighted by molar-refractivity contribution is 7.92. The molecule has 1 N–H and O–H groups in total. The van der Waals surface area contributed by atoms with Crippen molar-refractivity contribution in [1.82, 2.24) is 0 Å². The first kappa shape index (κ1) is 16.0. The van der Waals surface area contributed by atoms with Crippen LogP contribution >= 0.6 is 0 Å². The molecule has 1 rings (SSSR count). The molecule has 4 nitrogen and oxygen atoms in total. The van der Waals surface area contributed by atoms with Crippen LogP contribution in [0.1, 0.15) is 13.3 Å². The van der Waals surface area contributed by atoms with Crippen molar-refractivity contribution in [3.8, 4) is 0 Å². The summed E-state index contributed by atoms with van der Waals surface area (Å²) in [6.45, 7) is 1.62. The van der Waals surface area contributed by atoms with E-state index in [1.54, 1.807) is 6.92 Å². The summed E-state index contributed by atoms with van der Waals surface area (Å²) in [5.41, 5.74) is -5.25. The van der Waals surface area contributed by atoms with Crippen LogP contribution in [-0.2, 0) is 20.8 Å². The number of hydrogen-bond donors (Lipinski definition) is 1. The molecule has 0 aromatic heterocycles. The fourth-order valence-electron chi connectivity index (χ4n) is 1.32. The maximum absolute atomic E-state index is 12.4. The largest absolute Gasteiger partial charge is 0.475 e. The number of sulfonamides is 1. The Hall–Kier alpha value is -1.09. The van der Waals surface area contributed by atoms with E-state index in [9.17, 15) is 25.8 Å². The van der Waals surface area contributed by atoms with E-state index in [0.717, 1.165) is 12.1 Å². The molecule has 1 atom stereocenters. The van der Waals surface area contributed by atoms with E-state index in [-0.39, 0.29) is 11.4 Å². The Morgan fingerprint density at radius 2 is 1.84 bits per heavy atom. The van der Waals surface area contributed by atoms with Crippen LogP contribution in [0.2, 0.25) is 0 Å². The third-order valence-corrected chi connectivity index (χ3v) is 4.69. The van der Waals surface area contributed by atoms with Crippen molar-refractivity contribution in [3.05, 3.63) is 24.3 Å². The lowest BCUT2D eigenvalue weighted by Crippen LogP contribution is -2.21. The highest BCUT2D eigenvalue weighted by atomic mass is 32.2. The van der Waals surface area contributed by atoms with Crippen LogP contribution in [0.15, 0.2) is 29.2 Å². The van der Waals surface area contributed by atoms with Crippen molar-refractivity contribution in [2.75, 3.05) is 10.5 Å². The molecular formula is C10H12F3NO3S2. The molecule has 9 heteroatoms. The molecule has 0 saturated heterocycles. The first-order valence-corrected chi connectivity index (χ1v) is 8.05. The van der Waals surface area contributed by atoms with E-state index in [4.69, 9.17) is 0 Å². The minimum absolute atomic E-state index is 0.222. The number of alkyl halides is 3. The number of rotatable bonds is 5. The minimum atomic E-state index is -4.94. The Morgan fingerprint density at radius 1 is 1.26 bits per heavy atom. The number of benzene rings is 1. The SMILES string of the molecule is CCCS(=O)(=O)Nc1ccccc1S(=O)C(F)(F)F. The molecule has 0 aliphatic heterocycles. The molecule has 108 valence electrons. The molecule has 1 unspecified atom stereocenters. The molecule has 0 saturated carbocycles. The van der Waals surface area contributed by atoms with Crippen molar-refractivity contribution in [2.45, 2.75) is 23.7 Å². The van der Waals surface area contributed by atoms with Gasteiger partial charge in [0.2, 0.25) is 10.0 Å². The lowest BCUT2D eigenvalue weighted by Gasteiger charge is -2.13. The monoisotopic (exact) mass is 315 g/mol. The zero-order valence-electron chi connectivity index (χ0n) is 9.90. The Balaban J connectivity index is 3.14. The van der Waals surface area contributed by atoms with Gasteiger partial charge in [-0.05, 0) is 18.6 Å². The van der Waals surface area contributed by atoms with E-state index in [0.29, 0.717) is 6.42 Å². The molecule has 1 aromatic carbocycles. The second kappa shape index (κ2) is 5.91. The molecule has 0 fully saturated rings. The van der Waals surface area contributed by atoms with Gasteiger partial charge in [0, 0.05) is 0 Å². The third-order valence-electron chi connectivity index (χ3n) is 2.04. The Labute approximate surface area is 111 Å². The zero-order chi connectivity index (χ0) is 14.7. The first-order chi connectivity index (χ1) is 8.67. The van der Waals surface area contributed by atoms with Gasteiger partial charge in [0.25, 0.3) is 0 Å². The number of halogens is 3. The van der Waals surface area contributed by atoms with Gasteiger partial charge in [-0.2, -0.15) is 13.2 Å². The summed E-state index contributed by atoms with van der Waals surface area (Å²) in [5, 5.41) is 0. The van der Waals surface area contributed by atoms with Crippen molar-refractivity contribution in [1.29, 1.82) is 0 Å². The highest BCUT2D eigenvalue weighted by Gasteiger charge is 2.39. The molecule has 0 heterocycles. The second-order valence-corrected chi connectivity index (χ2v) is 6.91. The molecule has 0 amide bonds. The quantitative estimate of drug-likeness (QED) is 0.908. The van der Waals surface area contributed by atoms with Gasteiger partial charge in [-0.25, -0.2) is 12.6 Å². The highest BCUT2D eigenvalue weighted by Crippen LogP contribution is 2.31. The summed E-state index contributed by atoms with van der Waals surface area (Å²) in [5.74, 6) is -0.222. The summed E-state index contributed by atoms with van der Waals surface area (Å²) < 4.78 is 73.6. The van der Waals surface area contributed by atoms with Crippen LogP contribution in [0.4, 0.5) is 18.9 Å². The zero-order valence-corrected chi connectivity index (χ0v) is 11.5. The van der Waals surface area contributed by atoms with Crippen molar-refractivity contribution in [2.24, 2.45) is 0 Å². The number of para-hydroxylation sites is 1. The van der Waals surface area contributed by atoms with Gasteiger partial charge in [0.15, 0.2) is 10.8 Å². The molecular weight excluding hydrogens is 303 g/mol. The summed E-state index contributed by atoms with van der Waals surface area (Å²) in [6, 6.07) is 4.75. The average Bonchev–Trinajstić information content (AvgIpc) is 2.27. The van der Waals surface area contributed by atoms with Crippen LogP contribution in [0.3, 0.4) is 0 Å². The van der Waals surface area contributed by atoms with Crippen LogP contribution < -0.4 is 4.72 Å². The molecule has 0 bridgehead atoms. The van der Waals surface area contributed by atoms with Gasteiger partial charge < -0.3 is 0 Å². The first-order valence-electron chi connectivity index (χ1n) is 5.25. The molecule has 0 aliphatic rings. The van der Waals surface area contributed by atoms with Gasteiger partial charge in [-0.3, -0.25) is 4.72 Å². The summed E-state index contributed by atoms with van der Waals surface area (Å²) in [6.07, 6.45) is 0.319. The van der Waals surface area contributed by atoms with E-state index in [1.165, 1.54) is 12.1 Å². The average molecular weight is 315 g/mol. The van der Waals surface area contributed by atoms with Crippen LogP contribution in [-0.4, -0.2) is 23.9 Å². The van der Waals surface area contributed by atoms with Gasteiger partial charge in [-0.15, -0.1) is 0 Å². The van der Waals surface area contributed by atoms with Crippen LogP contribution in [0.5, 0.6) is 0 Å². The standard InChI is InChI=1S/C10H12F3NO3S2/c1-2-7-19(16,17)14-8-5-3-4-6-9(8)18(15)10(11,12)13/h3-6,14H,2,7H2,1H3.